The third kappa shape index (κ3) is 5.42. The molecule has 2 amide bonds. The van der Waals surface area contributed by atoms with Gasteiger partial charge in [0.15, 0.2) is 0 Å². The van der Waals surface area contributed by atoms with Crippen LogP contribution in [0.15, 0.2) is 59.6 Å². The molecule has 0 bridgehead atoms. The average Bonchev–Trinajstić information content (AvgIpc) is 3.13. The largest absolute Gasteiger partial charge is 0.480 e. The third-order valence-electron chi connectivity index (χ3n) is 4.44. The van der Waals surface area contributed by atoms with Crippen LogP contribution in [-0.4, -0.2) is 47.7 Å². The molecule has 178 valence electrons. The molecule has 0 aliphatic rings. The number of halogens is 2. The number of rotatable bonds is 8. The smallest absolute Gasteiger partial charge is 0.332 e. The molecule has 14 heteroatoms. The molecule has 2 aromatic carbocycles. The Morgan fingerprint density at radius 3 is 2.26 bits per heavy atom. The van der Waals surface area contributed by atoms with Gasteiger partial charge in [-0.1, -0.05) is 23.2 Å². The standard InChI is InChI=1S/C20H16Cl2N4O7S/c21-12-6-13(22)8-15(7-12)34(32,33)26(10-19(29)30)14-1-2-16-11(5-14)3-4-25(16)17(9-18(27)28)24-20(23)31/h1-9H,10H2,(H,27,28)(H,29,30)(H3,23,24,31). The van der Waals surface area contributed by atoms with Gasteiger partial charge in [-0.05, 0) is 42.5 Å². The fourth-order valence-electron chi connectivity index (χ4n) is 3.15. The van der Waals surface area contributed by atoms with Gasteiger partial charge in [0.05, 0.1) is 22.2 Å². The fourth-order valence-corrected chi connectivity index (χ4v) is 5.28. The minimum atomic E-state index is -4.39. The van der Waals surface area contributed by atoms with Crippen LogP contribution in [0, 0.1) is 0 Å². The van der Waals surface area contributed by atoms with Crippen molar-refractivity contribution in [3.63, 3.8) is 0 Å². The minimum absolute atomic E-state index is 0.00960. The van der Waals surface area contributed by atoms with Crippen molar-refractivity contribution in [2.24, 2.45) is 5.73 Å². The highest BCUT2D eigenvalue weighted by atomic mass is 35.5. The molecule has 0 atom stereocenters. The number of urea groups is 1. The lowest BCUT2D eigenvalue weighted by Crippen LogP contribution is -2.35. The number of sulfonamides is 1. The van der Waals surface area contributed by atoms with E-state index in [1.807, 2.05) is 0 Å². The Balaban J connectivity index is 2.13. The highest BCUT2D eigenvalue weighted by molar-refractivity contribution is 7.92. The zero-order valence-corrected chi connectivity index (χ0v) is 19.3. The number of benzene rings is 2. The Morgan fingerprint density at radius 1 is 1.06 bits per heavy atom. The zero-order chi connectivity index (χ0) is 25.2. The summed E-state index contributed by atoms with van der Waals surface area (Å²) >= 11 is 11.8. The summed E-state index contributed by atoms with van der Waals surface area (Å²) in [6, 6.07) is 8.29. The highest BCUT2D eigenvalue weighted by Gasteiger charge is 2.28. The number of hydrogen-bond acceptors (Lipinski definition) is 5. The number of primary amides is 1. The van der Waals surface area contributed by atoms with Gasteiger partial charge in [-0.25, -0.2) is 18.0 Å². The van der Waals surface area contributed by atoms with Gasteiger partial charge in [0.25, 0.3) is 10.0 Å². The molecule has 0 radical (unpaired) electrons. The van der Waals surface area contributed by atoms with E-state index in [1.165, 1.54) is 41.1 Å². The van der Waals surface area contributed by atoms with Gasteiger partial charge in [-0.15, -0.1) is 0 Å². The Kier molecular flexibility index (Phi) is 7.05. The van der Waals surface area contributed by atoms with Crippen LogP contribution in [0.25, 0.3) is 16.7 Å². The molecule has 0 spiro atoms. The Bertz CT molecular complexity index is 1430. The molecule has 1 aromatic heterocycles. The van der Waals surface area contributed by atoms with E-state index in [0.717, 1.165) is 18.2 Å². The van der Waals surface area contributed by atoms with Crippen molar-refractivity contribution in [3.8, 4) is 0 Å². The van der Waals surface area contributed by atoms with Crippen molar-refractivity contribution < 1.29 is 33.0 Å². The lowest BCUT2D eigenvalue weighted by molar-refractivity contribution is -0.135. The van der Waals surface area contributed by atoms with Crippen molar-refractivity contribution in [3.05, 3.63) is 64.8 Å². The first-order chi connectivity index (χ1) is 15.9. The predicted molar refractivity (Wildman–Crippen MR) is 125 cm³/mol. The van der Waals surface area contributed by atoms with Gasteiger partial charge in [-0.3, -0.25) is 14.4 Å². The van der Waals surface area contributed by atoms with Crippen LogP contribution in [0.4, 0.5) is 10.5 Å². The number of hydrogen-bond donors (Lipinski definition) is 4. The van der Waals surface area contributed by atoms with Crippen LogP contribution in [0.3, 0.4) is 0 Å². The number of carbonyl (C=O) groups excluding carboxylic acids is 1. The first-order valence-electron chi connectivity index (χ1n) is 9.21. The maximum Gasteiger partial charge on any atom is 0.332 e. The number of nitrogens with one attached hydrogen (secondary N) is 1. The Labute approximate surface area is 202 Å². The first kappa shape index (κ1) is 24.9. The number of nitrogens with two attached hydrogens (primary N) is 1. The summed E-state index contributed by atoms with van der Waals surface area (Å²) in [7, 11) is -4.39. The van der Waals surface area contributed by atoms with Crippen molar-refractivity contribution in [2.45, 2.75) is 4.90 Å². The van der Waals surface area contributed by atoms with E-state index in [1.54, 1.807) is 0 Å². The molecular weight excluding hydrogens is 511 g/mol. The minimum Gasteiger partial charge on any atom is -0.480 e. The van der Waals surface area contributed by atoms with E-state index in [9.17, 15) is 27.9 Å². The summed E-state index contributed by atoms with van der Waals surface area (Å²) in [5.74, 6) is -2.92. The zero-order valence-electron chi connectivity index (χ0n) is 17.0. The van der Waals surface area contributed by atoms with Crippen LogP contribution in [0.5, 0.6) is 0 Å². The van der Waals surface area contributed by atoms with E-state index >= 15 is 0 Å². The van der Waals surface area contributed by atoms with Gasteiger partial charge in [0, 0.05) is 21.6 Å². The van der Waals surface area contributed by atoms with Crippen LogP contribution in [0.2, 0.25) is 10.0 Å². The predicted octanol–water partition coefficient (Wildman–Crippen LogP) is 2.78. The quantitative estimate of drug-likeness (QED) is 0.326. The van der Waals surface area contributed by atoms with E-state index in [-0.39, 0.29) is 26.4 Å². The second-order valence-electron chi connectivity index (χ2n) is 6.80. The summed E-state index contributed by atoms with van der Waals surface area (Å²) < 4.78 is 28.5. The molecule has 0 fully saturated rings. The second-order valence-corrected chi connectivity index (χ2v) is 9.53. The van der Waals surface area contributed by atoms with Crippen LogP contribution in [-0.2, 0) is 19.6 Å². The molecule has 0 aliphatic carbocycles. The van der Waals surface area contributed by atoms with E-state index in [2.05, 4.69) is 5.32 Å². The lowest BCUT2D eigenvalue weighted by atomic mass is 10.2. The number of carbonyl (C=O) groups is 3. The third-order valence-corrected chi connectivity index (χ3v) is 6.62. The number of carboxylic acid groups (broad SMARTS) is 2. The first-order valence-corrected chi connectivity index (χ1v) is 11.4. The molecule has 1 heterocycles. The van der Waals surface area contributed by atoms with E-state index < -0.39 is 34.5 Å². The normalized spacial score (nSPS) is 11.9. The van der Waals surface area contributed by atoms with Gasteiger partial charge in [0.1, 0.15) is 12.4 Å². The molecular formula is C20H16Cl2N4O7S. The summed E-state index contributed by atoms with van der Waals surface area (Å²) in [4.78, 5) is 33.6. The summed E-state index contributed by atoms with van der Waals surface area (Å²) in [5, 5.41) is 21.1. The number of carboxylic acids is 2. The number of aliphatic carboxylic acids is 2. The molecule has 0 aliphatic heterocycles. The Morgan fingerprint density at radius 2 is 1.71 bits per heavy atom. The van der Waals surface area contributed by atoms with Crippen molar-refractivity contribution in [2.75, 3.05) is 10.8 Å². The molecule has 0 unspecified atom stereocenters. The SMILES string of the molecule is NC(=O)NC(=CC(=O)O)n1ccc2cc(N(CC(=O)O)S(=O)(=O)c3cc(Cl)cc(Cl)c3)ccc21. The van der Waals surface area contributed by atoms with Crippen molar-refractivity contribution in [1.82, 2.24) is 9.88 Å². The van der Waals surface area contributed by atoms with Crippen molar-refractivity contribution >= 4 is 73.6 Å². The number of aromatic nitrogens is 1. The van der Waals surface area contributed by atoms with Crippen molar-refractivity contribution in [1.29, 1.82) is 0 Å². The number of anilines is 1. The lowest BCUT2D eigenvalue weighted by Gasteiger charge is -2.23. The number of amides is 2. The van der Waals surface area contributed by atoms with Gasteiger partial charge in [0.2, 0.25) is 0 Å². The van der Waals surface area contributed by atoms with Crippen LogP contribution < -0.4 is 15.4 Å². The molecule has 0 saturated carbocycles. The second kappa shape index (κ2) is 9.63. The maximum atomic E-state index is 13.3. The Hall–Kier alpha value is -3.74. The average molecular weight is 527 g/mol. The van der Waals surface area contributed by atoms with Gasteiger partial charge >= 0.3 is 18.0 Å². The van der Waals surface area contributed by atoms with Gasteiger partial charge < -0.3 is 20.5 Å². The number of fused-ring (bicyclic) bond motifs is 1. The van der Waals surface area contributed by atoms with Crippen LogP contribution in [0.1, 0.15) is 0 Å². The summed E-state index contributed by atoms with van der Waals surface area (Å²) in [5.41, 5.74) is 5.50. The molecule has 5 N–H and O–H groups in total. The van der Waals surface area contributed by atoms with Crippen LogP contribution >= 0.6 is 23.2 Å². The maximum absolute atomic E-state index is 13.3. The molecule has 3 rings (SSSR count). The number of nitrogens with zero attached hydrogens (tertiary/aromatic N) is 2. The molecule has 0 saturated heterocycles. The fraction of sp³-hybridized carbons (Fsp3) is 0.0500. The monoisotopic (exact) mass is 526 g/mol. The van der Waals surface area contributed by atoms with E-state index in [4.69, 9.17) is 34.0 Å². The molecule has 3 aromatic rings. The summed E-state index contributed by atoms with van der Waals surface area (Å²) in [6.07, 6.45) is 2.15. The summed E-state index contributed by atoms with van der Waals surface area (Å²) in [6.45, 7) is -0.897. The molecule has 34 heavy (non-hydrogen) atoms. The van der Waals surface area contributed by atoms with Gasteiger partial charge in [-0.2, -0.15) is 0 Å². The topological polar surface area (TPSA) is 172 Å². The molecule has 11 nitrogen and oxygen atoms in total. The highest BCUT2D eigenvalue weighted by Crippen LogP contribution is 2.31. The van der Waals surface area contributed by atoms with E-state index in [0.29, 0.717) is 15.2 Å².